The van der Waals surface area contributed by atoms with Crippen LogP contribution in [0.15, 0.2) is 24.3 Å². The Morgan fingerprint density at radius 3 is 2.58 bits per heavy atom. The average Bonchev–Trinajstić information content (AvgIpc) is 2.07. The molecule has 0 aliphatic heterocycles. The van der Waals surface area contributed by atoms with Crippen molar-refractivity contribution >= 4 is 33.4 Å². The molecule has 4 N–H and O–H groups in total. The van der Waals surface area contributed by atoms with Crippen molar-refractivity contribution in [1.29, 1.82) is 0 Å². The van der Waals surface area contributed by atoms with Crippen molar-refractivity contribution in [2.45, 2.75) is 0 Å². The van der Waals surface area contributed by atoms with E-state index >= 15 is 0 Å². The second-order valence-electron chi connectivity index (χ2n) is 2.45. The third-order valence-electron chi connectivity index (χ3n) is 1.51. The zero-order valence-electron chi connectivity index (χ0n) is 6.63. The van der Waals surface area contributed by atoms with Gasteiger partial charge in [-0.25, -0.2) is 0 Å². The number of rotatable bonds is 2. The highest BCUT2D eigenvalue weighted by Crippen LogP contribution is 2.16. The summed E-state index contributed by atoms with van der Waals surface area (Å²) >= 11 is 3.30. The predicted molar refractivity (Wildman–Crippen MR) is 58.1 cm³/mol. The normalized spacial score (nSPS) is 10.8. The molecule has 0 aromatic heterocycles. The Morgan fingerprint density at radius 1 is 1.25 bits per heavy atom. The summed E-state index contributed by atoms with van der Waals surface area (Å²) in [5.74, 6) is 0. The molecular formula is C9H11BrN2. The van der Waals surface area contributed by atoms with Gasteiger partial charge >= 0.3 is 0 Å². The van der Waals surface area contributed by atoms with Crippen LogP contribution in [0.3, 0.4) is 0 Å². The van der Waals surface area contributed by atoms with Crippen LogP contribution in [0.5, 0.6) is 0 Å². The summed E-state index contributed by atoms with van der Waals surface area (Å²) in [5, 5.41) is 0.845. The van der Waals surface area contributed by atoms with E-state index in [-0.39, 0.29) is 0 Å². The molecular weight excluding hydrogens is 216 g/mol. The zero-order valence-corrected chi connectivity index (χ0v) is 8.21. The topological polar surface area (TPSA) is 52.0 Å². The van der Waals surface area contributed by atoms with E-state index in [1.54, 1.807) is 0 Å². The SMILES string of the molecule is Nc1ccc(C=CCBr)cc1N. The fraction of sp³-hybridized carbons (Fsp3) is 0.111. The highest BCUT2D eigenvalue weighted by molar-refractivity contribution is 9.09. The summed E-state index contributed by atoms with van der Waals surface area (Å²) in [6, 6.07) is 5.60. The van der Waals surface area contributed by atoms with E-state index in [9.17, 15) is 0 Å². The lowest BCUT2D eigenvalue weighted by molar-refractivity contribution is 1.62. The quantitative estimate of drug-likeness (QED) is 0.601. The van der Waals surface area contributed by atoms with Gasteiger partial charge in [-0.2, -0.15) is 0 Å². The minimum atomic E-state index is 0.631. The Bertz CT molecular complexity index is 295. The van der Waals surface area contributed by atoms with Crippen LogP contribution in [0, 0.1) is 0 Å². The molecule has 1 rings (SSSR count). The number of benzene rings is 1. The molecule has 1 aromatic rings. The van der Waals surface area contributed by atoms with Gasteiger partial charge in [0.1, 0.15) is 0 Å². The summed E-state index contributed by atoms with van der Waals surface area (Å²) in [7, 11) is 0. The van der Waals surface area contributed by atoms with Crippen molar-refractivity contribution in [1.82, 2.24) is 0 Å². The van der Waals surface area contributed by atoms with E-state index in [0.717, 1.165) is 10.9 Å². The molecule has 0 fully saturated rings. The molecule has 0 unspecified atom stereocenters. The number of anilines is 2. The molecule has 1 aromatic carbocycles. The summed E-state index contributed by atoms with van der Waals surface area (Å²) in [6.07, 6.45) is 4.00. The van der Waals surface area contributed by atoms with Crippen LogP contribution >= 0.6 is 15.9 Å². The first kappa shape index (κ1) is 9.13. The van der Waals surface area contributed by atoms with Gasteiger partial charge in [0, 0.05) is 5.33 Å². The Kier molecular flexibility index (Phi) is 3.17. The van der Waals surface area contributed by atoms with Gasteiger partial charge in [0.05, 0.1) is 11.4 Å². The van der Waals surface area contributed by atoms with Gasteiger partial charge in [0.15, 0.2) is 0 Å². The molecule has 0 amide bonds. The summed E-state index contributed by atoms with van der Waals surface area (Å²) < 4.78 is 0. The molecule has 0 radical (unpaired) electrons. The van der Waals surface area contributed by atoms with E-state index in [1.807, 2.05) is 30.4 Å². The van der Waals surface area contributed by atoms with Crippen molar-refractivity contribution in [3.63, 3.8) is 0 Å². The van der Waals surface area contributed by atoms with E-state index < -0.39 is 0 Å². The molecule has 0 aliphatic rings. The number of allylic oxidation sites excluding steroid dienone is 1. The van der Waals surface area contributed by atoms with Crippen molar-refractivity contribution in [2.75, 3.05) is 16.8 Å². The van der Waals surface area contributed by atoms with Crippen molar-refractivity contribution in [2.24, 2.45) is 0 Å². The first-order valence-electron chi connectivity index (χ1n) is 3.61. The lowest BCUT2D eigenvalue weighted by atomic mass is 10.1. The number of hydrogen-bond acceptors (Lipinski definition) is 2. The minimum Gasteiger partial charge on any atom is -0.397 e. The van der Waals surface area contributed by atoms with Gasteiger partial charge in [-0.3, -0.25) is 0 Å². The lowest BCUT2D eigenvalue weighted by Gasteiger charge is -1.99. The molecule has 12 heavy (non-hydrogen) atoms. The Balaban J connectivity index is 2.89. The highest BCUT2D eigenvalue weighted by Gasteiger charge is 1.92. The summed E-state index contributed by atoms with van der Waals surface area (Å²) in [4.78, 5) is 0. The Labute approximate surface area is 80.4 Å². The van der Waals surface area contributed by atoms with Crippen molar-refractivity contribution < 1.29 is 0 Å². The average molecular weight is 227 g/mol. The van der Waals surface area contributed by atoms with Crippen LogP contribution in [0.2, 0.25) is 0 Å². The molecule has 0 spiro atoms. The molecule has 0 saturated heterocycles. The molecule has 2 nitrogen and oxygen atoms in total. The molecule has 0 bridgehead atoms. The van der Waals surface area contributed by atoms with E-state index in [2.05, 4.69) is 15.9 Å². The second-order valence-corrected chi connectivity index (χ2v) is 3.09. The highest BCUT2D eigenvalue weighted by atomic mass is 79.9. The Hall–Kier alpha value is -0.960. The number of nitrogen functional groups attached to an aromatic ring is 2. The van der Waals surface area contributed by atoms with Gasteiger partial charge in [-0.1, -0.05) is 34.1 Å². The van der Waals surface area contributed by atoms with Crippen molar-refractivity contribution in [3.05, 3.63) is 29.8 Å². The van der Waals surface area contributed by atoms with Crippen molar-refractivity contribution in [3.8, 4) is 0 Å². The van der Waals surface area contributed by atoms with Gasteiger partial charge < -0.3 is 11.5 Å². The largest absolute Gasteiger partial charge is 0.397 e. The molecule has 0 aliphatic carbocycles. The predicted octanol–water partition coefficient (Wildman–Crippen LogP) is 2.26. The third-order valence-corrected chi connectivity index (χ3v) is 1.88. The fourth-order valence-electron chi connectivity index (χ4n) is 0.878. The van der Waals surface area contributed by atoms with Crippen LogP contribution < -0.4 is 11.5 Å². The summed E-state index contributed by atoms with van der Waals surface area (Å²) in [5.41, 5.74) is 13.5. The van der Waals surface area contributed by atoms with Gasteiger partial charge in [-0.15, -0.1) is 0 Å². The maximum absolute atomic E-state index is 5.62. The fourth-order valence-corrected chi connectivity index (χ4v) is 1.06. The zero-order chi connectivity index (χ0) is 8.97. The van der Waals surface area contributed by atoms with E-state index in [0.29, 0.717) is 11.4 Å². The van der Waals surface area contributed by atoms with Crippen LogP contribution in [-0.2, 0) is 0 Å². The van der Waals surface area contributed by atoms with Gasteiger partial charge in [-0.05, 0) is 17.7 Å². The van der Waals surface area contributed by atoms with Crippen LogP contribution in [0.4, 0.5) is 11.4 Å². The maximum atomic E-state index is 5.62. The van der Waals surface area contributed by atoms with Crippen LogP contribution in [0.1, 0.15) is 5.56 Å². The smallest absolute Gasteiger partial charge is 0.0553 e. The van der Waals surface area contributed by atoms with Gasteiger partial charge in [0.25, 0.3) is 0 Å². The molecule has 0 atom stereocenters. The summed E-state index contributed by atoms with van der Waals surface area (Å²) in [6.45, 7) is 0. The van der Waals surface area contributed by atoms with E-state index in [1.165, 1.54) is 0 Å². The lowest BCUT2D eigenvalue weighted by Crippen LogP contribution is -1.93. The maximum Gasteiger partial charge on any atom is 0.0553 e. The molecule has 0 saturated carbocycles. The first-order valence-corrected chi connectivity index (χ1v) is 4.73. The molecule has 64 valence electrons. The molecule has 3 heteroatoms. The number of halogens is 1. The second kappa shape index (κ2) is 4.16. The minimum absolute atomic E-state index is 0.631. The van der Waals surface area contributed by atoms with Gasteiger partial charge in [0.2, 0.25) is 0 Å². The first-order chi connectivity index (χ1) is 5.74. The van der Waals surface area contributed by atoms with Crippen LogP contribution in [-0.4, -0.2) is 5.33 Å². The number of alkyl halides is 1. The standard InChI is InChI=1S/C9H11BrN2/c10-5-1-2-7-3-4-8(11)9(12)6-7/h1-4,6H,5,11-12H2. The number of nitrogens with two attached hydrogens (primary N) is 2. The van der Waals surface area contributed by atoms with Crippen LogP contribution in [0.25, 0.3) is 6.08 Å². The monoisotopic (exact) mass is 226 g/mol. The molecule has 0 heterocycles. The third kappa shape index (κ3) is 2.27. The Morgan fingerprint density at radius 2 is 2.00 bits per heavy atom. The van der Waals surface area contributed by atoms with E-state index in [4.69, 9.17) is 11.5 Å². The number of hydrogen-bond donors (Lipinski definition) is 2.